The van der Waals surface area contributed by atoms with Crippen LogP contribution in [-0.2, 0) is 0 Å². The van der Waals surface area contributed by atoms with E-state index in [4.69, 9.17) is 10.8 Å². The average molecular weight is 172 g/mol. The molecule has 2 atom stereocenters. The van der Waals surface area contributed by atoms with Gasteiger partial charge in [0.05, 0.1) is 0 Å². The van der Waals surface area contributed by atoms with Crippen LogP contribution in [-0.4, -0.2) is 23.8 Å². The fraction of sp³-hybridized carbons (Fsp3) is 0.875. The summed E-state index contributed by atoms with van der Waals surface area (Å²) < 4.78 is 0. The van der Waals surface area contributed by atoms with Crippen LogP contribution in [0.1, 0.15) is 20.3 Å². The summed E-state index contributed by atoms with van der Waals surface area (Å²) >= 11 is 0. The molecule has 70 valence electrons. The van der Waals surface area contributed by atoms with Crippen LogP contribution in [0.15, 0.2) is 0 Å². The number of nitrogens with one attached hydrogen (secondary N) is 1. The summed E-state index contributed by atoms with van der Waals surface area (Å²) in [7, 11) is 0. The normalized spacial score (nSPS) is 32.2. The molecule has 4 N–H and O–H groups in total. The summed E-state index contributed by atoms with van der Waals surface area (Å²) in [5.41, 5.74) is 5.55. The Bertz CT molecular complexity index is 191. The SMILES string of the molecule is CC1(C)[C@H](CN)C[C@@H]1NC(=O)O. The van der Waals surface area contributed by atoms with Crippen LogP contribution < -0.4 is 11.1 Å². The Labute approximate surface area is 72.1 Å². The highest BCUT2D eigenvalue weighted by molar-refractivity contribution is 5.65. The van der Waals surface area contributed by atoms with Crippen molar-refractivity contribution in [2.45, 2.75) is 26.3 Å². The lowest BCUT2D eigenvalue weighted by Crippen LogP contribution is -2.59. The molecular formula is C8H16N2O2. The highest BCUT2D eigenvalue weighted by atomic mass is 16.4. The second-order valence-electron chi connectivity index (χ2n) is 3.99. The first kappa shape index (κ1) is 9.32. The van der Waals surface area contributed by atoms with E-state index in [1.807, 2.05) is 0 Å². The molecule has 0 aliphatic heterocycles. The Hall–Kier alpha value is -0.770. The molecule has 0 saturated heterocycles. The maximum atomic E-state index is 10.3. The van der Waals surface area contributed by atoms with Gasteiger partial charge >= 0.3 is 6.09 Å². The van der Waals surface area contributed by atoms with E-state index in [9.17, 15) is 4.79 Å². The molecule has 1 rings (SSSR count). The third-order valence-electron chi connectivity index (χ3n) is 3.05. The molecule has 0 spiro atoms. The number of carbonyl (C=O) groups is 1. The summed E-state index contributed by atoms with van der Waals surface area (Å²) in [5, 5.41) is 11.0. The molecule has 1 aliphatic rings. The minimum absolute atomic E-state index is 0.0210. The van der Waals surface area contributed by atoms with Crippen molar-refractivity contribution in [3.05, 3.63) is 0 Å². The maximum Gasteiger partial charge on any atom is 0.404 e. The van der Waals surface area contributed by atoms with E-state index >= 15 is 0 Å². The van der Waals surface area contributed by atoms with Gasteiger partial charge in [-0.1, -0.05) is 13.8 Å². The van der Waals surface area contributed by atoms with Crippen molar-refractivity contribution in [3.8, 4) is 0 Å². The first-order chi connectivity index (χ1) is 5.48. The van der Waals surface area contributed by atoms with Gasteiger partial charge in [0.1, 0.15) is 0 Å². The number of hydrogen-bond donors (Lipinski definition) is 3. The zero-order chi connectivity index (χ0) is 9.35. The smallest absolute Gasteiger partial charge is 0.404 e. The molecule has 0 aromatic rings. The fourth-order valence-corrected chi connectivity index (χ4v) is 1.81. The minimum Gasteiger partial charge on any atom is -0.465 e. The second kappa shape index (κ2) is 2.94. The van der Waals surface area contributed by atoms with Crippen molar-refractivity contribution in [1.29, 1.82) is 0 Å². The molecule has 0 aromatic heterocycles. The van der Waals surface area contributed by atoms with E-state index in [0.29, 0.717) is 12.5 Å². The number of hydrogen-bond acceptors (Lipinski definition) is 2. The van der Waals surface area contributed by atoms with E-state index in [0.717, 1.165) is 6.42 Å². The van der Waals surface area contributed by atoms with Gasteiger partial charge in [-0.05, 0) is 24.3 Å². The van der Waals surface area contributed by atoms with Crippen LogP contribution in [0.5, 0.6) is 0 Å². The molecular weight excluding hydrogens is 156 g/mol. The van der Waals surface area contributed by atoms with Crippen molar-refractivity contribution in [2.75, 3.05) is 6.54 Å². The molecule has 1 fully saturated rings. The van der Waals surface area contributed by atoms with Gasteiger partial charge in [0.2, 0.25) is 0 Å². The van der Waals surface area contributed by atoms with Gasteiger partial charge in [-0.15, -0.1) is 0 Å². The zero-order valence-electron chi connectivity index (χ0n) is 7.50. The molecule has 0 unspecified atom stereocenters. The predicted molar refractivity (Wildman–Crippen MR) is 45.9 cm³/mol. The summed E-state index contributed by atoms with van der Waals surface area (Å²) in [5.74, 6) is 0.453. The lowest BCUT2D eigenvalue weighted by molar-refractivity contribution is 0.0223. The molecule has 0 aromatic carbocycles. The Morgan fingerprint density at radius 3 is 2.67 bits per heavy atom. The van der Waals surface area contributed by atoms with Crippen LogP contribution >= 0.6 is 0 Å². The quantitative estimate of drug-likeness (QED) is 0.571. The molecule has 1 amide bonds. The van der Waals surface area contributed by atoms with Gasteiger partial charge in [-0.3, -0.25) is 0 Å². The monoisotopic (exact) mass is 172 g/mol. The van der Waals surface area contributed by atoms with Crippen LogP contribution in [0.25, 0.3) is 0 Å². The Morgan fingerprint density at radius 1 is 1.75 bits per heavy atom. The average Bonchev–Trinajstić information content (AvgIpc) is 1.96. The molecule has 0 heterocycles. The van der Waals surface area contributed by atoms with Gasteiger partial charge in [-0.25, -0.2) is 4.79 Å². The van der Waals surface area contributed by atoms with Gasteiger partial charge in [0, 0.05) is 6.04 Å². The van der Waals surface area contributed by atoms with Crippen molar-refractivity contribution in [3.63, 3.8) is 0 Å². The van der Waals surface area contributed by atoms with Gasteiger partial charge in [0.25, 0.3) is 0 Å². The highest BCUT2D eigenvalue weighted by Crippen LogP contribution is 2.45. The van der Waals surface area contributed by atoms with E-state index in [2.05, 4.69) is 19.2 Å². The summed E-state index contributed by atoms with van der Waals surface area (Å²) in [4.78, 5) is 10.3. The topological polar surface area (TPSA) is 75.3 Å². The number of amides is 1. The first-order valence-corrected chi connectivity index (χ1v) is 4.18. The largest absolute Gasteiger partial charge is 0.465 e. The number of rotatable bonds is 2. The summed E-state index contributed by atoms with van der Waals surface area (Å²) in [6, 6.07) is 0.0727. The molecule has 1 saturated carbocycles. The van der Waals surface area contributed by atoms with Crippen LogP contribution in [0.3, 0.4) is 0 Å². The Kier molecular flexibility index (Phi) is 2.28. The number of nitrogens with two attached hydrogens (primary N) is 1. The molecule has 4 heteroatoms. The lowest BCUT2D eigenvalue weighted by Gasteiger charge is -2.51. The van der Waals surface area contributed by atoms with Crippen molar-refractivity contribution in [1.82, 2.24) is 5.32 Å². The standard InChI is InChI=1S/C8H16N2O2/c1-8(2)5(4-9)3-6(8)10-7(11)12/h5-6,10H,3-4,9H2,1-2H3,(H,11,12)/t5-,6-/m0/s1. The van der Waals surface area contributed by atoms with E-state index in [-0.39, 0.29) is 11.5 Å². The van der Waals surface area contributed by atoms with Gasteiger partial charge < -0.3 is 16.2 Å². The van der Waals surface area contributed by atoms with E-state index < -0.39 is 6.09 Å². The highest BCUT2D eigenvalue weighted by Gasteiger charge is 2.47. The van der Waals surface area contributed by atoms with Crippen LogP contribution in [0.4, 0.5) is 4.79 Å². The molecule has 1 aliphatic carbocycles. The van der Waals surface area contributed by atoms with Gasteiger partial charge in [-0.2, -0.15) is 0 Å². The summed E-state index contributed by atoms with van der Waals surface area (Å²) in [6.45, 7) is 4.74. The molecule has 12 heavy (non-hydrogen) atoms. The third-order valence-corrected chi connectivity index (χ3v) is 3.05. The molecule has 0 radical (unpaired) electrons. The van der Waals surface area contributed by atoms with Gasteiger partial charge in [0.15, 0.2) is 0 Å². The van der Waals surface area contributed by atoms with E-state index in [1.165, 1.54) is 0 Å². The Balaban J connectivity index is 2.47. The van der Waals surface area contributed by atoms with E-state index in [1.54, 1.807) is 0 Å². The van der Waals surface area contributed by atoms with Crippen molar-refractivity contribution >= 4 is 6.09 Å². The fourth-order valence-electron chi connectivity index (χ4n) is 1.81. The first-order valence-electron chi connectivity index (χ1n) is 4.18. The Morgan fingerprint density at radius 2 is 2.33 bits per heavy atom. The number of carboxylic acid groups (broad SMARTS) is 1. The minimum atomic E-state index is -0.941. The molecule has 4 nitrogen and oxygen atoms in total. The van der Waals surface area contributed by atoms with Crippen molar-refractivity contribution in [2.24, 2.45) is 17.1 Å². The predicted octanol–water partition coefficient (Wildman–Crippen LogP) is 0.627. The zero-order valence-corrected chi connectivity index (χ0v) is 7.50. The van der Waals surface area contributed by atoms with Crippen molar-refractivity contribution < 1.29 is 9.90 Å². The lowest BCUT2D eigenvalue weighted by atomic mass is 9.58. The third kappa shape index (κ3) is 1.39. The maximum absolute atomic E-state index is 10.3. The second-order valence-corrected chi connectivity index (χ2v) is 3.99. The summed E-state index contributed by atoms with van der Waals surface area (Å²) in [6.07, 6.45) is -0.0703. The van der Waals surface area contributed by atoms with Crippen LogP contribution in [0.2, 0.25) is 0 Å². The molecule has 0 bridgehead atoms. The van der Waals surface area contributed by atoms with Crippen LogP contribution in [0, 0.1) is 11.3 Å².